The summed E-state index contributed by atoms with van der Waals surface area (Å²) in [5, 5.41) is 4.72. The van der Waals surface area contributed by atoms with E-state index in [0.717, 1.165) is 0 Å². The Morgan fingerprint density at radius 1 is 1.08 bits per heavy atom. The van der Waals surface area contributed by atoms with Crippen LogP contribution in [0.25, 0.3) is 0 Å². The summed E-state index contributed by atoms with van der Waals surface area (Å²) < 4.78 is 5.74. The fourth-order valence-corrected chi connectivity index (χ4v) is 2.10. The van der Waals surface area contributed by atoms with Gasteiger partial charge in [0.1, 0.15) is 5.75 Å². The fourth-order valence-electron chi connectivity index (χ4n) is 2.10. The van der Waals surface area contributed by atoms with Crippen LogP contribution in [-0.4, -0.2) is 24.8 Å². The number of nitrogens with one attached hydrogen (secondary N) is 2. The van der Waals surface area contributed by atoms with Gasteiger partial charge in [0.15, 0.2) is 6.29 Å². The zero-order valence-corrected chi connectivity index (χ0v) is 13.2. The van der Waals surface area contributed by atoms with Gasteiger partial charge >= 0.3 is 6.03 Å². The molecule has 24 heavy (non-hydrogen) atoms. The molecular weight excluding hydrogens is 308 g/mol. The number of benzene rings is 2. The van der Waals surface area contributed by atoms with Crippen LogP contribution in [0.3, 0.4) is 0 Å². The normalized spacial score (nSPS) is 11.2. The van der Waals surface area contributed by atoms with Gasteiger partial charge in [0.2, 0.25) is 6.10 Å². The summed E-state index contributed by atoms with van der Waals surface area (Å²) in [6.07, 6.45) is -0.408. The van der Waals surface area contributed by atoms with Gasteiger partial charge in [-0.2, -0.15) is 0 Å². The molecule has 0 saturated heterocycles. The first-order chi connectivity index (χ1) is 11.7. The van der Waals surface area contributed by atoms with E-state index in [1.807, 2.05) is 6.07 Å². The summed E-state index contributed by atoms with van der Waals surface area (Å²) in [6, 6.07) is 14.7. The van der Waals surface area contributed by atoms with Gasteiger partial charge in [-0.1, -0.05) is 42.5 Å². The summed E-state index contributed by atoms with van der Waals surface area (Å²) >= 11 is 0. The lowest BCUT2D eigenvalue weighted by Gasteiger charge is -2.19. The van der Waals surface area contributed by atoms with Crippen molar-refractivity contribution in [3.05, 3.63) is 65.7 Å². The van der Waals surface area contributed by atoms with Crippen molar-refractivity contribution in [2.45, 2.75) is 13.0 Å². The van der Waals surface area contributed by atoms with E-state index in [2.05, 4.69) is 10.6 Å². The maximum Gasteiger partial charge on any atom is 0.321 e. The average molecular weight is 326 g/mol. The smallest absolute Gasteiger partial charge is 0.321 e. The van der Waals surface area contributed by atoms with Crippen LogP contribution in [-0.2, 0) is 4.79 Å². The average Bonchev–Trinajstić information content (AvgIpc) is 2.60. The van der Waals surface area contributed by atoms with Gasteiger partial charge in [0, 0.05) is 12.1 Å². The van der Waals surface area contributed by atoms with Gasteiger partial charge in [0.25, 0.3) is 5.91 Å². The summed E-state index contributed by atoms with van der Waals surface area (Å²) in [6.45, 7) is 2.14. The molecule has 2 N–H and O–H groups in total. The van der Waals surface area contributed by atoms with Crippen molar-refractivity contribution in [1.82, 2.24) is 10.6 Å². The molecule has 2 aromatic carbocycles. The largest absolute Gasteiger partial charge is 0.475 e. The second-order valence-electron chi connectivity index (χ2n) is 4.91. The monoisotopic (exact) mass is 326 g/mol. The molecule has 124 valence electrons. The standard InChI is InChI=1S/C18H18N2O4/c1-2-19-18(23)20-17(22)16(13-8-4-3-5-9-13)24-15-11-7-6-10-14(15)12-21/h3-12,16H,2H2,1H3,(H2,19,20,22,23)/t16-/m0/s1. The van der Waals surface area contributed by atoms with Crippen LogP contribution >= 0.6 is 0 Å². The molecule has 3 amide bonds. The molecular formula is C18H18N2O4. The van der Waals surface area contributed by atoms with Crippen molar-refractivity contribution >= 4 is 18.2 Å². The van der Waals surface area contributed by atoms with E-state index in [9.17, 15) is 14.4 Å². The molecule has 0 spiro atoms. The van der Waals surface area contributed by atoms with Crippen molar-refractivity contribution in [2.75, 3.05) is 6.54 Å². The minimum absolute atomic E-state index is 0.271. The molecule has 0 aliphatic rings. The van der Waals surface area contributed by atoms with E-state index in [4.69, 9.17) is 4.74 Å². The molecule has 2 rings (SSSR count). The Hall–Kier alpha value is -3.15. The van der Waals surface area contributed by atoms with Gasteiger partial charge in [-0.05, 0) is 19.1 Å². The van der Waals surface area contributed by atoms with Crippen LogP contribution in [0.5, 0.6) is 5.75 Å². The molecule has 2 aromatic rings. The molecule has 0 saturated carbocycles. The first kappa shape index (κ1) is 17.2. The highest BCUT2D eigenvalue weighted by atomic mass is 16.5. The van der Waals surface area contributed by atoms with Crippen molar-refractivity contribution in [2.24, 2.45) is 0 Å². The summed E-state index contributed by atoms with van der Waals surface area (Å²) in [4.78, 5) is 35.2. The number of hydrogen-bond donors (Lipinski definition) is 2. The van der Waals surface area contributed by atoms with Crippen LogP contribution in [0.15, 0.2) is 54.6 Å². The molecule has 0 bridgehead atoms. The van der Waals surface area contributed by atoms with Gasteiger partial charge in [-0.3, -0.25) is 14.9 Å². The molecule has 0 aromatic heterocycles. The van der Waals surface area contributed by atoms with Crippen molar-refractivity contribution in [1.29, 1.82) is 0 Å². The molecule has 0 aliphatic heterocycles. The Labute approximate surface area is 139 Å². The Kier molecular flexibility index (Phi) is 6.08. The second-order valence-corrected chi connectivity index (χ2v) is 4.91. The van der Waals surface area contributed by atoms with E-state index in [-0.39, 0.29) is 5.75 Å². The minimum Gasteiger partial charge on any atom is -0.475 e. The first-order valence-electron chi connectivity index (χ1n) is 7.50. The zero-order valence-electron chi connectivity index (χ0n) is 13.2. The molecule has 0 aliphatic carbocycles. The van der Waals surface area contributed by atoms with Crippen LogP contribution < -0.4 is 15.4 Å². The molecule has 0 fully saturated rings. The molecule has 1 atom stereocenters. The van der Waals surface area contributed by atoms with Crippen molar-refractivity contribution in [3.63, 3.8) is 0 Å². The van der Waals surface area contributed by atoms with Gasteiger partial charge in [-0.15, -0.1) is 0 Å². The van der Waals surface area contributed by atoms with Crippen LogP contribution in [0.4, 0.5) is 4.79 Å². The van der Waals surface area contributed by atoms with E-state index in [1.54, 1.807) is 55.5 Å². The number of ether oxygens (including phenoxy) is 1. The summed E-state index contributed by atoms with van der Waals surface area (Å²) in [5.41, 5.74) is 0.893. The summed E-state index contributed by atoms with van der Waals surface area (Å²) in [7, 11) is 0. The SMILES string of the molecule is CCNC(=O)NC(=O)[C@@H](Oc1ccccc1C=O)c1ccccc1. The van der Waals surface area contributed by atoms with Gasteiger partial charge in [0.05, 0.1) is 5.56 Å². The topological polar surface area (TPSA) is 84.5 Å². The molecule has 0 unspecified atom stereocenters. The number of amides is 3. The van der Waals surface area contributed by atoms with Crippen molar-refractivity contribution < 1.29 is 19.1 Å². The lowest BCUT2D eigenvalue weighted by atomic mass is 10.1. The molecule has 6 nitrogen and oxygen atoms in total. The van der Waals surface area contributed by atoms with E-state index in [0.29, 0.717) is 24.0 Å². The lowest BCUT2D eigenvalue weighted by Crippen LogP contribution is -2.42. The van der Waals surface area contributed by atoms with Gasteiger partial charge < -0.3 is 10.1 Å². The first-order valence-corrected chi connectivity index (χ1v) is 7.50. The maximum atomic E-state index is 12.4. The highest BCUT2D eigenvalue weighted by Gasteiger charge is 2.25. The number of aldehydes is 1. The lowest BCUT2D eigenvalue weighted by molar-refractivity contribution is -0.127. The number of carbonyl (C=O) groups excluding carboxylic acids is 3. The summed E-state index contributed by atoms with van der Waals surface area (Å²) in [5.74, 6) is -0.347. The predicted molar refractivity (Wildman–Crippen MR) is 88.9 cm³/mol. The third-order valence-electron chi connectivity index (χ3n) is 3.21. The second kappa shape index (κ2) is 8.47. The number of urea groups is 1. The third kappa shape index (κ3) is 4.42. The molecule has 0 heterocycles. The molecule has 0 radical (unpaired) electrons. The number of imide groups is 1. The molecule has 6 heteroatoms. The number of rotatable bonds is 6. The third-order valence-corrected chi connectivity index (χ3v) is 3.21. The Morgan fingerprint density at radius 3 is 2.42 bits per heavy atom. The Balaban J connectivity index is 2.28. The highest BCUT2D eigenvalue weighted by molar-refractivity contribution is 5.97. The quantitative estimate of drug-likeness (QED) is 0.799. The van der Waals surface area contributed by atoms with E-state index in [1.165, 1.54) is 0 Å². The minimum atomic E-state index is -1.06. The maximum absolute atomic E-state index is 12.4. The Bertz CT molecular complexity index is 716. The zero-order chi connectivity index (χ0) is 17.4. The predicted octanol–water partition coefficient (Wildman–Crippen LogP) is 2.46. The number of hydrogen-bond acceptors (Lipinski definition) is 4. The van der Waals surface area contributed by atoms with Crippen LogP contribution in [0, 0.1) is 0 Å². The van der Waals surface area contributed by atoms with E-state index >= 15 is 0 Å². The fraction of sp³-hybridized carbons (Fsp3) is 0.167. The number of para-hydroxylation sites is 1. The number of carbonyl (C=O) groups is 3. The van der Waals surface area contributed by atoms with Gasteiger partial charge in [-0.25, -0.2) is 4.79 Å². The van der Waals surface area contributed by atoms with E-state index < -0.39 is 18.0 Å². The highest BCUT2D eigenvalue weighted by Crippen LogP contribution is 2.24. The van der Waals surface area contributed by atoms with Crippen LogP contribution in [0.1, 0.15) is 28.9 Å². The van der Waals surface area contributed by atoms with Crippen LogP contribution in [0.2, 0.25) is 0 Å². The Morgan fingerprint density at radius 2 is 1.75 bits per heavy atom. The van der Waals surface area contributed by atoms with Crippen molar-refractivity contribution in [3.8, 4) is 5.75 Å².